The predicted octanol–water partition coefficient (Wildman–Crippen LogP) is 3.82. The summed E-state index contributed by atoms with van der Waals surface area (Å²) in [7, 11) is 0. The summed E-state index contributed by atoms with van der Waals surface area (Å²) in [5.41, 5.74) is 3.14. The summed E-state index contributed by atoms with van der Waals surface area (Å²) in [4.78, 5) is 34.8. The van der Waals surface area contributed by atoms with E-state index in [4.69, 9.17) is 0 Å². The second kappa shape index (κ2) is 8.59. The standard InChI is InChI=1S/C24H16N4O2SSe/c1-15-11-13-17(14-12-15)28-24(26-21(30)16-7-3-2-4-8-16)32-23(27-28)20(29)22-25-18-9-5-6-10-19(18)31-22/h2-14H,1H3. The molecule has 156 valence electrons. The molecule has 0 aliphatic carbocycles. The van der Waals surface area contributed by atoms with Gasteiger partial charge < -0.3 is 0 Å². The molecule has 0 fully saturated rings. The van der Waals surface area contributed by atoms with Crippen LogP contribution in [0.5, 0.6) is 0 Å². The third-order valence-corrected chi connectivity index (χ3v) is 7.68. The van der Waals surface area contributed by atoms with Crippen LogP contribution in [0.4, 0.5) is 0 Å². The minimum atomic E-state index is -0.537. The Morgan fingerprint density at radius 3 is 2.41 bits per heavy atom. The van der Waals surface area contributed by atoms with Gasteiger partial charge in [0.2, 0.25) is 0 Å². The number of hydrogen-bond donors (Lipinski definition) is 0. The zero-order valence-electron chi connectivity index (χ0n) is 16.9. The van der Waals surface area contributed by atoms with Crippen LogP contribution in [-0.4, -0.2) is 41.0 Å². The summed E-state index contributed by atoms with van der Waals surface area (Å²) in [6.45, 7) is 2.00. The molecule has 0 unspecified atom stereocenters. The van der Waals surface area contributed by atoms with Gasteiger partial charge in [-0.1, -0.05) is 0 Å². The molecule has 2 aromatic heterocycles. The van der Waals surface area contributed by atoms with Crippen molar-refractivity contribution >= 4 is 47.7 Å². The second-order valence-electron chi connectivity index (χ2n) is 7.04. The predicted molar refractivity (Wildman–Crippen MR) is 125 cm³/mol. The molecule has 0 N–H and O–H groups in total. The van der Waals surface area contributed by atoms with Gasteiger partial charge in [-0.3, -0.25) is 0 Å². The van der Waals surface area contributed by atoms with Crippen molar-refractivity contribution in [3.63, 3.8) is 0 Å². The molecule has 5 rings (SSSR count). The van der Waals surface area contributed by atoms with Gasteiger partial charge in [-0.25, -0.2) is 0 Å². The zero-order chi connectivity index (χ0) is 22.1. The summed E-state index contributed by atoms with van der Waals surface area (Å²) in [5.74, 6) is -0.579. The van der Waals surface area contributed by atoms with E-state index in [1.54, 1.807) is 28.9 Å². The Kier molecular flexibility index (Phi) is 5.49. The molecule has 0 saturated carbocycles. The van der Waals surface area contributed by atoms with Crippen molar-refractivity contribution < 1.29 is 9.59 Å². The number of fused-ring (bicyclic) bond motifs is 1. The number of nitrogens with zero attached hydrogens (tertiary/aromatic N) is 4. The fraction of sp³-hybridized carbons (Fsp3) is 0.0417. The van der Waals surface area contributed by atoms with E-state index < -0.39 is 14.5 Å². The van der Waals surface area contributed by atoms with Gasteiger partial charge in [0.1, 0.15) is 0 Å². The molecular formula is C24H16N4O2SSe. The molecule has 0 atom stereocenters. The van der Waals surface area contributed by atoms with Crippen LogP contribution in [-0.2, 0) is 0 Å². The van der Waals surface area contributed by atoms with Crippen molar-refractivity contribution in [2.24, 2.45) is 4.99 Å². The number of rotatable bonds is 4. The van der Waals surface area contributed by atoms with E-state index in [-0.39, 0.29) is 11.7 Å². The first-order chi connectivity index (χ1) is 15.6. The summed E-state index contributed by atoms with van der Waals surface area (Å²) >= 11 is 0.809. The first-order valence-electron chi connectivity index (χ1n) is 9.80. The van der Waals surface area contributed by atoms with Gasteiger partial charge in [0, 0.05) is 0 Å². The van der Waals surface area contributed by atoms with Crippen LogP contribution in [0, 0.1) is 6.92 Å². The van der Waals surface area contributed by atoms with E-state index >= 15 is 0 Å². The number of carbonyl (C=O) groups excluding carboxylic acids is 2. The van der Waals surface area contributed by atoms with E-state index in [1.165, 1.54) is 11.3 Å². The maximum absolute atomic E-state index is 13.2. The van der Waals surface area contributed by atoms with Crippen LogP contribution in [0.1, 0.15) is 30.3 Å². The minimum absolute atomic E-state index is 0.222. The van der Waals surface area contributed by atoms with Crippen molar-refractivity contribution in [2.45, 2.75) is 6.92 Å². The van der Waals surface area contributed by atoms with E-state index in [0.717, 1.165) is 21.5 Å². The molecule has 2 heterocycles. The Labute approximate surface area is 193 Å². The third-order valence-electron chi connectivity index (χ3n) is 4.74. The Morgan fingerprint density at radius 2 is 1.66 bits per heavy atom. The summed E-state index contributed by atoms with van der Waals surface area (Å²) in [6.07, 6.45) is 0. The van der Waals surface area contributed by atoms with Crippen molar-refractivity contribution in [1.29, 1.82) is 0 Å². The Bertz CT molecular complexity index is 1480. The van der Waals surface area contributed by atoms with E-state index in [2.05, 4.69) is 15.1 Å². The van der Waals surface area contributed by atoms with Gasteiger partial charge in [-0.2, -0.15) is 0 Å². The number of benzene rings is 3. The Hall–Kier alpha value is -3.45. The van der Waals surface area contributed by atoms with Crippen LogP contribution >= 0.6 is 11.3 Å². The molecule has 3 aromatic carbocycles. The molecule has 0 spiro atoms. The van der Waals surface area contributed by atoms with Crippen LogP contribution in [0.3, 0.4) is 0 Å². The number of aryl methyl sites for hydroxylation is 1. The van der Waals surface area contributed by atoms with Gasteiger partial charge in [-0.05, 0) is 0 Å². The molecule has 5 aromatic rings. The molecule has 6 nitrogen and oxygen atoms in total. The fourth-order valence-corrected chi connectivity index (χ4v) is 5.92. The first-order valence-corrected chi connectivity index (χ1v) is 12.3. The summed E-state index contributed by atoms with van der Waals surface area (Å²) in [5, 5.41) is 4.97. The van der Waals surface area contributed by atoms with Crippen molar-refractivity contribution in [3.8, 4) is 5.69 Å². The van der Waals surface area contributed by atoms with Crippen molar-refractivity contribution in [2.75, 3.05) is 0 Å². The third kappa shape index (κ3) is 4.03. The van der Waals surface area contributed by atoms with E-state index in [9.17, 15) is 9.59 Å². The van der Waals surface area contributed by atoms with Crippen LogP contribution in [0.25, 0.3) is 15.9 Å². The average Bonchev–Trinajstić information content (AvgIpc) is 3.44. The van der Waals surface area contributed by atoms with Gasteiger partial charge in [0.05, 0.1) is 0 Å². The van der Waals surface area contributed by atoms with Crippen molar-refractivity contribution in [1.82, 2.24) is 14.8 Å². The van der Waals surface area contributed by atoms with E-state index in [0.29, 0.717) is 19.5 Å². The van der Waals surface area contributed by atoms with Crippen LogP contribution in [0.15, 0.2) is 83.9 Å². The number of thiazole rings is 1. The fourth-order valence-electron chi connectivity index (χ4n) is 3.09. The topological polar surface area (TPSA) is 77.2 Å². The molecule has 1 amide bonds. The normalized spacial score (nSPS) is 11.7. The molecular weight excluding hydrogens is 487 g/mol. The van der Waals surface area contributed by atoms with Crippen molar-refractivity contribution in [3.05, 3.63) is 104 Å². The SMILES string of the molecule is Cc1ccc(-n2nc(C(=O)c3nc4ccccc4s3)[se]c2=NC(=O)c2ccccc2)cc1. The number of para-hydroxylation sites is 1. The molecule has 0 aliphatic heterocycles. The monoisotopic (exact) mass is 504 g/mol. The zero-order valence-corrected chi connectivity index (χ0v) is 19.5. The van der Waals surface area contributed by atoms with Crippen LogP contribution < -0.4 is 4.36 Å². The van der Waals surface area contributed by atoms with Gasteiger partial charge in [0.25, 0.3) is 0 Å². The van der Waals surface area contributed by atoms with Gasteiger partial charge in [0.15, 0.2) is 0 Å². The van der Waals surface area contributed by atoms with E-state index in [1.807, 2.05) is 61.5 Å². The average molecular weight is 503 g/mol. The number of aromatic nitrogens is 3. The summed E-state index contributed by atoms with van der Waals surface area (Å²) in [6, 6.07) is 24.2. The summed E-state index contributed by atoms with van der Waals surface area (Å²) < 4.78 is 3.39. The van der Waals surface area contributed by atoms with Crippen LogP contribution in [0.2, 0.25) is 0 Å². The molecule has 0 aliphatic rings. The number of amides is 1. The van der Waals surface area contributed by atoms with Gasteiger partial charge >= 0.3 is 194 Å². The molecule has 0 radical (unpaired) electrons. The number of carbonyl (C=O) groups is 2. The first kappa shape index (κ1) is 20.5. The number of hydrogen-bond acceptors (Lipinski definition) is 5. The molecule has 8 heteroatoms. The molecule has 0 saturated heterocycles. The number of ketones is 1. The second-order valence-corrected chi connectivity index (χ2v) is 10.1. The molecule has 0 bridgehead atoms. The molecule has 32 heavy (non-hydrogen) atoms. The maximum atomic E-state index is 13.2. The quantitative estimate of drug-likeness (QED) is 0.276. The van der Waals surface area contributed by atoms with Gasteiger partial charge in [-0.15, -0.1) is 0 Å². The Morgan fingerprint density at radius 1 is 0.938 bits per heavy atom. The Balaban J connectivity index is 1.62.